The molecule has 1 unspecified atom stereocenters. The van der Waals surface area contributed by atoms with Crippen molar-refractivity contribution in [2.45, 2.75) is 19.8 Å². The summed E-state index contributed by atoms with van der Waals surface area (Å²) in [6.45, 7) is 5.19. The molecule has 1 aliphatic rings. The van der Waals surface area contributed by atoms with E-state index in [2.05, 4.69) is 10.6 Å². The van der Waals surface area contributed by atoms with Crippen LogP contribution < -0.4 is 20.1 Å². The minimum Gasteiger partial charge on any atom is -0.490 e. The van der Waals surface area contributed by atoms with E-state index in [1.807, 2.05) is 43.3 Å². The minimum absolute atomic E-state index is 0.111. The number of nitrogens with one attached hydrogen (secondary N) is 2. The lowest BCUT2D eigenvalue weighted by molar-refractivity contribution is 0.0942. The number of amides is 1. The van der Waals surface area contributed by atoms with Crippen LogP contribution in [0, 0.1) is 5.92 Å². The quantitative estimate of drug-likeness (QED) is 0.797. The molecule has 1 atom stereocenters. The number of carbonyl (C=O) groups is 1. The molecule has 2 aromatic rings. The Morgan fingerprint density at radius 1 is 1.12 bits per heavy atom. The first-order chi connectivity index (χ1) is 12.8. The van der Waals surface area contributed by atoms with Crippen molar-refractivity contribution in [3.05, 3.63) is 54.1 Å². The van der Waals surface area contributed by atoms with Gasteiger partial charge in [0.1, 0.15) is 5.75 Å². The first-order valence-corrected chi connectivity index (χ1v) is 9.25. The highest BCUT2D eigenvalue weighted by atomic mass is 16.5. The number of rotatable bonds is 7. The van der Waals surface area contributed by atoms with Crippen molar-refractivity contribution in [1.29, 1.82) is 0 Å². The van der Waals surface area contributed by atoms with Crippen LogP contribution in [0.1, 0.15) is 30.1 Å². The molecule has 3 rings (SSSR count). The normalized spacial score (nSPS) is 16.7. The molecule has 0 radical (unpaired) electrons. The van der Waals surface area contributed by atoms with Crippen LogP contribution in [0.15, 0.2) is 48.5 Å². The molecule has 0 saturated carbocycles. The van der Waals surface area contributed by atoms with Gasteiger partial charge < -0.3 is 20.1 Å². The zero-order chi connectivity index (χ0) is 18.2. The predicted molar refractivity (Wildman–Crippen MR) is 102 cm³/mol. The van der Waals surface area contributed by atoms with E-state index in [0.717, 1.165) is 25.9 Å². The highest BCUT2D eigenvalue weighted by molar-refractivity contribution is 5.97. The highest BCUT2D eigenvalue weighted by Gasteiger charge is 2.17. The van der Waals surface area contributed by atoms with E-state index in [4.69, 9.17) is 9.47 Å². The number of hydrogen-bond donors (Lipinski definition) is 2. The zero-order valence-electron chi connectivity index (χ0n) is 15.2. The van der Waals surface area contributed by atoms with Gasteiger partial charge in [0.15, 0.2) is 11.5 Å². The number of hydrogen-bond acceptors (Lipinski definition) is 4. The summed E-state index contributed by atoms with van der Waals surface area (Å²) in [5.41, 5.74) is 0.530. The molecular weight excluding hydrogens is 328 g/mol. The van der Waals surface area contributed by atoms with Crippen LogP contribution in [0.4, 0.5) is 0 Å². The number of benzene rings is 2. The van der Waals surface area contributed by atoms with Gasteiger partial charge >= 0.3 is 0 Å². The van der Waals surface area contributed by atoms with Crippen molar-refractivity contribution in [2.24, 2.45) is 5.92 Å². The first kappa shape index (κ1) is 18.3. The van der Waals surface area contributed by atoms with Gasteiger partial charge in [-0.05, 0) is 63.0 Å². The SMILES string of the molecule is CCOc1ccccc1Oc1ccccc1C(=O)NCC1CCCNC1. The Morgan fingerprint density at radius 3 is 2.58 bits per heavy atom. The second-order valence-corrected chi connectivity index (χ2v) is 6.40. The number of ether oxygens (including phenoxy) is 2. The molecule has 5 heteroatoms. The topological polar surface area (TPSA) is 59.6 Å². The molecule has 2 N–H and O–H groups in total. The maximum Gasteiger partial charge on any atom is 0.255 e. The van der Waals surface area contributed by atoms with Crippen molar-refractivity contribution < 1.29 is 14.3 Å². The monoisotopic (exact) mass is 354 g/mol. The van der Waals surface area contributed by atoms with Gasteiger partial charge in [-0.3, -0.25) is 4.79 Å². The van der Waals surface area contributed by atoms with Gasteiger partial charge in [-0.1, -0.05) is 24.3 Å². The molecule has 138 valence electrons. The smallest absolute Gasteiger partial charge is 0.255 e. The Hall–Kier alpha value is -2.53. The highest BCUT2D eigenvalue weighted by Crippen LogP contribution is 2.32. The van der Waals surface area contributed by atoms with Crippen molar-refractivity contribution in [3.8, 4) is 17.2 Å². The minimum atomic E-state index is -0.111. The maximum atomic E-state index is 12.7. The van der Waals surface area contributed by atoms with Crippen LogP contribution in [0.5, 0.6) is 17.2 Å². The first-order valence-electron chi connectivity index (χ1n) is 9.25. The number of carbonyl (C=O) groups excluding carboxylic acids is 1. The Morgan fingerprint density at radius 2 is 1.85 bits per heavy atom. The molecule has 0 bridgehead atoms. The van der Waals surface area contributed by atoms with Gasteiger partial charge in [0.2, 0.25) is 0 Å². The van der Waals surface area contributed by atoms with Gasteiger partial charge in [0, 0.05) is 6.54 Å². The largest absolute Gasteiger partial charge is 0.490 e. The third-order valence-corrected chi connectivity index (χ3v) is 4.45. The van der Waals surface area contributed by atoms with E-state index in [1.54, 1.807) is 12.1 Å². The Bertz CT molecular complexity index is 727. The van der Waals surface area contributed by atoms with Crippen LogP contribution in [0.3, 0.4) is 0 Å². The van der Waals surface area contributed by atoms with E-state index < -0.39 is 0 Å². The molecule has 1 heterocycles. The van der Waals surface area contributed by atoms with E-state index in [-0.39, 0.29) is 5.91 Å². The fourth-order valence-corrected chi connectivity index (χ4v) is 3.10. The summed E-state index contributed by atoms with van der Waals surface area (Å²) in [6.07, 6.45) is 2.31. The molecule has 0 aromatic heterocycles. The number of piperidine rings is 1. The summed E-state index contributed by atoms with van der Waals surface area (Å²) in [6, 6.07) is 14.8. The van der Waals surface area contributed by atoms with Gasteiger partial charge in [-0.15, -0.1) is 0 Å². The van der Waals surface area contributed by atoms with E-state index in [9.17, 15) is 4.79 Å². The molecular formula is C21H26N2O3. The summed E-state index contributed by atoms with van der Waals surface area (Å²) in [5, 5.41) is 6.42. The molecule has 2 aromatic carbocycles. The average molecular weight is 354 g/mol. The third-order valence-electron chi connectivity index (χ3n) is 4.45. The van der Waals surface area contributed by atoms with Crippen molar-refractivity contribution >= 4 is 5.91 Å². The predicted octanol–water partition coefficient (Wildman–Crippen LogP) is 3.61. The second-order valence-electron chi connectivity index (χ2n) is 6.40. The van der Waals surface area contributed by atoms with Crippen LogP contribution in [0.2, 0.25) is 0 Å². The standard InChI is InChI=1S/C21H26N2O3/c1-2-25-19-11-5-6-12-20(19)26-18-10-4-3-9-17(18)21(24)23-15-16-8-7-13-22-14-16/h3-6,9-12,16,22H,2,7-8,13-15H2,1H3,(H,23,24). The van der Waals surface area contributed by atoms with Crippen molar-refractivity contribution in [3.63, 3.8) is 0 Å². The van der Waals surface area contributed by atoms with Gasteiger partial charge in [-0.25, -0.2) is 0 Å². The molecule has 1 saturated heterocycles. The Balaban J connectivity index is 1.70. The van der Waals surface area contributed by atoms with Crippen LogP contribution in [0.25, 0.3) is 0 Å². The van der Waals surface area contributed by atoms with Crippen molar-refractivity contribution in [2.75, 3.05) is 26.2 Å². The van der Waals surface area contributed by atoms with Gasteiger partial charge in [-0.2, -0.15) is 0 Å². The van der Waals surface area contributed by atoms with Crippen LogP contribution >= 0.6 is 0 Å². The second kappa shape index (κ2) is 9.25. The molecule has 1 fully saturated rings. The summed E-state index contributed by atoms with van der Waals surface area (Å²) >= 11 is 0. The lowest BCUT2D eigenvalue weighted by Gasteiger charge is -2.23. The maximum absolute atomic E-state index is 12.7. The Labute approximate surface area is 154 Å². The molecule has 5 nitrogen and oxygen atoms in total. The summed E-state index contributed by atoms with van der Waals surface area (Å²) < 4.78 is 11.6. The average Bonchev–Trinajstić information content (AvgIpc) is 2.69. The van der Waals surface area contributed by atoms with Gasteiger partial charge in [0.25, 0.3) is 5.91 Å². The van der Waals surface area contributed by atoms with Crippen LogP contribution in [-0.2, 0) is 0 Å². The molecule has 1 aliphatic heterocycles. The molecule has 1 amide bonds. The zero-order valence-corrected chi connectivity index (χ0v) is 15.2. The third kappa shape index (κ3) is 4.76. The van der Waals surface area contributed by atoms with E-state index in [0.29, 0.717) is 41.9 Å². The molecule has 0 spiro atoms. The van der Waals surface area contributed by atoms with E-state index >= 15 is 0 Å². The lowest BCUT2D eigenvalue weighted by Crippen LogP contribution is -2.38. The Kier molecular flexibility index (Phi) is 6.50. The fraction of sp³-hybridized carbons (Fsp3) is 0.381. The lowest BCUT2D eigenvalue weighted by atomic mass is 9.99. The molecule has 0 aliphatic carbocycles. The summed E-state index contributed by atoms with van der Waals surface area (Å²) in [4.78, 5) is 12.7. The van der Waals surface area contributed by atoms with Gasteiger partial charge in [0.05, 0.1) is 12.2 Å². The fourth-order valence-electron chi connectivity index (χ4n) is 3.10. The number of para-hydroxylation sites is 3. The van der Waals surface area contributed by atoms with Crippen LogP contribution in [-0.4, -0.2) is 32.1 Å². The molecule has 26 heavy (non-hydrogen) atoms. The van der Waals surface area contributed by atoms with Crippen molar-refractivity contribution in [1.82, 2.24) is 10.6 Å². The summed E-state index contributed by atoms with van der Waals surface area (Å²) in [7, 11) is 0. The van der Waals surface area contributed by atoms with E-state index in [1.165, 1.54) is 0 Å². The summed E-state index contributed by atoms with van der Waals surface area (Å²) in [5.74, 6) is 2.17.